The first kappa shape index (κ1) is 24.0. The third-order valence-electron chi connectivity index (χ3n) is 5.05. The van der Waals surface area contributed by atoms with Crippen molar-refractivity contribution in [2.75, 3.05) is 12.3 Å². The van der Waals surface area contributed by atoms with Gasteiger partial charge in [0.25, 0.3) is 0 Å². The molecule has 5 heteroatoms. The summed E-state index contributed by atoms with van der Waals surface area (Å²) < 4.78 is 0. The molecule has 0 bridgehead atoms. The van der Waals surface area contributed by atoms with Crippen molar-refractivity contribution in [3.63, 3.8) is 0 Å². The van der Waals surface area contributed by atoms with Gasteiger partial charge in [0.2, 0.25) is 11.8 Å². The summed E-state index contributed by atoms with van der Waals surface area (Å²) in [7, 11) is 0. The lowest BCUT2D eigenvalue weighted by molar-refractivity contribution is -0.138. The van der Waals surface area contributed by atoms with Crippen molar-refractivity contribution in [3.05, 3.63) is 70.8 Å². The molecular formula is C25H34N2O2S. The summed E-state index contributed by atoms with van der Waals surface area (Å²) in [6.07, 6.45) is 1.97. The van der Waals surface area contributed by atoms with Crippen molar-refractivity contribution in [2.45, 2.75) is 58.9 Å². The third-order valence-corrected chi connectivity index (χ3v) is 6.04. The van der Waals surface area contributed by atoms with E-state index in [-0.39, 0.29) is 11.8 Å². The largest absolute Gasteiger partial charge is 0.354 e. The van der Waals surface area contributed by atoms with Crippen LogP contribution in [0.2, 0.25) is 0 Å². The lowest BCUT2D eigenvalue weighted by Crippen LogP contribution is -2.48. The quantitative estimate of drug-likeness (QED) is 0.522. The Bertz CT molecular complexity index is 820. The average Bonchev–Trinajstić information content (AvgIpc) is 2.73. The summed E-state index contributed by atoms with van der Waals surface area (Å²) in [4.78, 5) is 27.4. The van der Waals surface area contributed by atoms with Crippen LogP contribution in [0.1, 0.15) is 48.9 Å². The van der Waals surface area contributed by atoms with Crippen molar-refractivity contribution < 1.29 is 9.59 Å². The Hall–Kier alpha value is -2.27. The van der Waals surface area contributed by atoms with Crippen molar-refractivity contribution in [3.8, 4) is 0 Å². The van der Waals surface area contributed by atoms with Gasteiger partial charge in [0.05, 0.1) is 5.75 Å². The van der Waals surface area contributed by atoms with Gasteiger partial charge in [-0.05, 0) is 38.3 Å². The van der Waals surface area contributed by atoms with Crippen LogP contribution in [0.3, 0.4) is 0 Å². The maximum Gasteiger partial charge on any atom is 0.242 e. The van der Waals surface area contributed by atoms with E-state index < -0.39 is 6.04 Å². The second-order valence-corrected chi connectivity index (χ2v) is 8.80. The standard InChI is InChI=1S/C25H34N2O2S/c1-5-6-14-26-25(29)21(4)27(16-23-9-7-8-20(3)15-23)24(28)18-30-17-22-12-10-19(2)11-13-22/h7-13,15,21H,5-6,14,16-18H2,1-4H3,(H,26,29)/t21-/m1/s1. The summed E-state index contributed by atoms with van der Waals surface area (Å²) in [5.41, 5.74) is 4.62. The molecule has 2 aromatic rings. The fraction of sp³-hybridized carbons (Fsp3) is 0.440. The number of aryl methyl sites for hydroxylation is 2. The molecule has 0 heterocycles. The minimum atomic E-state index is -0.505. The number of thioether (sulfide) groups is 1. The summed E-state index contributed by atoms with van der Waals surface area (Å²) in [5.74, 6) is 1.04. The number of nitrogens with zero attached hydrogens (tertiary/aromatic N) is 1. The molecule has 0 saturated carbocycles. The van der Waals surface area contributed by atoms with E-state index >= 15 is 0 Å². The smallest absolute Gasteiger partial charge is 0.242 e. The molecular weight excluding hydrogens is 392 g/mol. The second kappa shape index (κ2) is 12.4. The molecule has 30 heavy (non-hydrogen) atoms. The van der Waals surface area contributed by atoms with Crippen LogP contribution in [-0.2, 0) is 21.9 Å². The topological polar surface area (TPSA) is 49.4 Å². The van der Waals surface area contributed by atoms with Gasteiger partial charge in [0.15, 0.2) is 0 Å². The molecule has 0 aliphatic carbocycles. The summed E-state index contributed by atoms with van der Waals surface area (Å²) in [6, 6.07) is 16.0. The Balaban J connectivity index is 2.03. The Labute approximate surface area is 185 Å². The lowest BCUT2D eigenvalue weighted by atomic mass is 10.1. The van der Waals surface area contributed by atoms with E-state index in [4.69, 9.17) is 0 Å². The number of nitrogens with one attached hydrogen (secondary N) is 1. The second-order valence-electron chi connectivity index (χ2n) is 7.81. The molecule has 1 atom stereocenters. The van der Waals surface area contributed by atoms with E-state index in [1.165, 1.54) is 11.1 Å². The van der Waals surface area contributed by atoms with Gasteiger partial charge in [-0.2, -0.15) is 0 Å². The van der Waals surface area contributed by atoms with E-state index in [0.29, 0.717) is 18.8 Å². The highest BCUT2D eigenvalue weighted by Crippen LogP contribution is 2.17. The zero-order valence-electron chi connectivity index (χ0n) is 18.6. The summed E-state index contributed by atoms with van der Waals surface area (Å²) in [5, 5.41) is 2.96. The first-order valence-corrected chi connectivity index (χ1v) is 11.8. The van der Waals surface area contributed by atoms with Gasteiger partial charge in [-0.1, -0.05) is 73.0 Å². The molecule has 0 aliphatic heterocycles. The van der Waals surface area contributed by atoms with Crippen LogP contribution < -0.4 is 5.32 Å². The Morgan fingerprint density at radius 3 is 2.43 bits per heavy atom. The van der Waals surface area contributed by atoms with Crippen LogP contribution in [-0.4, -0.2) is 35.1 Å². The maximum absolute atomic E-state index is 13.1. The van der Waals surface area contributed by atoms with Gasteiger partial charge in [0.1, 0.15) is 6.04 Å². The van der Waals surface area contributed by atoms with Gasteiger partial charge in [-0.25, -0.2) is 0 Å². The van der Waals surface area contributed by atoms with E-state index in [9.17, 15) is 9.59 Å². The van der Waals surface area contributed by atoms with Crippen molar-refractivity contribution in [1.29, 1.82) is 0 Å². The number of hydrogen-bond acceptors (Lipinski definition) is 3. The molecule has 0 spiro atoms. The molecule has 0 aliphatic rings. The zero-order chi connectivity index (χ0) is 21.9. The van der Waals surface area contributed by atoms with Gasteiger partial charge in [-0.15, -0.1) is 11.8 Å². The molecule has 0 fully saturated rings. The van der Waals surface area contributed by atoms with Crippen molar-refractivity contribution in [2.24, 2.45) is 0 Å². The SMILES string of the molecule is CCCCNC(=O)[C@@H](C)N(Cc1cccc(C)c1)C(=O)CSCc1ccc(C)cc1. The van der Waals surface area contributed by atoms with Crippen LogP contribution >= 0.6 is 11.8 Å². The van der Waals surface area contributed by atoms with Crippen LogP contribution in [0.4, 0.5) is 0 Å². The number of rotatable bonds is 11. The minimum Gasteiger partial charge on any atom is -0.354 e. The summed E-state index contributed by atoms with van der Waals surface area (Å²) in [6.45, 7) is 9.10. The maximum atomic E-state index is 13.1. The van der Waals surface area contributed by atoms with E-state index in [0.717, 1.165) is 29.7 Å². The Morgan fingerprint density at radius 2 is 1.77 bits per heavy atom. The molecule has 162 valence electrons. The summed E-state index contributed by atoms with van der Waals surface area (Å²) >= 11 is 1.59. The van der Waals surface area contributed by atoms with Crippen molar-refractivity contribution >= 4 is 23.6 Å². The van der Waals surface area contributed by atoms with E-state index in [2.05, 4.69) is 49.5 Å². The molecule has 2 rings (SSSR count). The minimum absolute atomic E-state index is 0.00763. The molecule has 2 aromatic carbocycles. The highest BCUT2D eigenvalue weighted by molar-refractivity contribution is 7.99. The molecule has 4 nitrogen and oxygen atoms in total. The normalized spacial score (nSPS) is 11.7. The van der Waals surface area contributed by atoms with Crippen LogP contribution in [0, 0.1) is 13.8 Å². The number of benzene rings is 2. The number of unbranched alkanes of at least 4 members (excludes halogenated alkanes) is 1. The molecule has 2 amide bonds. The number of amides is 2. The first-order chi connectivity index (χ1) is 14.4. The average molecular weight is 427 g/mol. The van der Waals surface area contributed by atoms with Gasteiger partial charge >= 0.3 is 0 Å². The van der Waals surface area contributed by atoms with Gasteiger partial charge < -0.3 is 10.2 Å². The fourth-order valence-corrected chi connectivity index (χ4v) is 4.02. The van der Waals surface area contributed by atoms with Gasteiger partial charge in [0, 0.05) is 18.8 Å². The molecule has 0 saturated heterocycles. The van der Waals surface area contributed by atoms with E-state index in [1.54, 1.807) is 16.7 Å². The number of hydrogen-bond donors (Lipinski definition) is 1. The Morgan fingerprint density at radius 1 is 1.03 bits per heavy atom. The van der Waals surface area contributed by atoms with Crippen molar-refractivity contribution in [1.82, 2.24) is 10.2 Å². The highest BCUT2D eigenvalue weighted by Gasteiger charge is 2.25. The Kier molecular flexibility index (Phi) is 9.95. The van der Waals surface area contributed by atoms with Crippen LogP contribution in [0.15, 0.2) is 48.5 Å². The van der Waals surface area contributed by atoms with Crippen LogP contribution in [0.25, 0.3) is 0 Å². The molecule has 0 radical (unpaired) electrons. The van der Waals surface area contributed by atoms with Gasteiger partial charge in [-0.3, -0.25) is 9.59 Å². The molecule has 0 aromatic heterocycles. The third kappa shape index (κ3) is 7.86. The molecule has 1 N–H and O–H groups in total. The predicted molar refractivity (Wildman–Crippen MR) is 126 cm³/mol. The van der Waals surface area contributed by atoms with E-state index in [1.807, 2.05) is 32.0 Å². The number of carbonyl (C=O) groups is 2. The van der Waals surface area contributed by atoms with Crippen LogP contribution in [0.5, 0.6) is 0 Å². The predicted octanol–water partition coefficient (Wildman–Crippen LogP) is 4.87. The lowest BCUT2D eigenvalue weighted by Gasteiger charge is -2.29. The zero-order valence-corrected chi connectivity index (χ0v) is 19.4. The monoisotopic (exact) mass is 426 g/mol. The number of carbonyl (C=O) groups excluding carboxylic acids is 2. The first-order valence-electron chi connectivity index (χ1n) is 10.7. The highest BCUT2D eigenvalue weighted by atomic mass is 32.2. The molecule has 0 unspecified atom stereocenters. The fourth-order valence-electron chi connectivity index (χ4n) is 3.15.